The van der Waals surface area contributed by atoms with Crippen LogP contribution in [0.1, 0.15) is 41.5 Å². The van der Waals surface area contributed by atoms with Gasteiger partial charge in [-0.3, -0.25) is 19.1 Å². The summed E-state index contributed by atoms with van der Waals surface area (Å²) in [6.07, 6.45) is -1.13. The molecule has 1 N–H and O–H groups in total. The third-order valence-corrected chi connectivity index (χ3v) is 7.15. The number of aromatic nitrogens is 3. The molecule has 12 heteroatoms. The fourth-order valence-electron chi connectivity index (χ4n) is 4.53. The molecule has 0 radical (unpaired) electrons. The zero-order chi connectivity index (χ0) is 27.2. The average molecular weight is 529 g/mol. The van der Waals surface area contributed by atoms with E-state index in [0.717, 1.165) is 25.0 Å². The van der Waals surface area contributed by atoms with Crippen molar-refractivity contribution in [3.05, 3.63) is 53.5 Å². The summed E-state index contributed by atoms with van der Waals surface area (Å²) in [5.41, 5.74) is -0.0560. The molecule has 5 rings (SSSR count). The number of carbonyl (C=O) groups excluding carboxylic acids is 3. The molecule has 3 aromatic rings. The zero-order valence-corrected chi connectivity index (χ0v) is 21.0. The topological polar surface area (TPSA) is 100 Å². The van der Waals surface area contributed by atoms with E-state index < -0.39 is 17.8 Å². The number of anilines is 1. The number of aryl methyl sites for hydroxylation is 1. The van der Waals surface area contributed by atoms with Gasteiger partial charge in [-0.15, -0.1) is 0 Å². The van der Waals surface area contributed by atoms with Crippen LogP contribution in [0.5, 0.6) is 0 Å². The Bertz CT molecular complexity index is 1420. The summed E-state index contributed by atoms with van der Waals surface area (Å²) in [4.78, 5) is 45.0. The van der Waals surface area contributed by atoms with Gasteiger partial charge in [-0.05, 0) is 49.6 Å². The predicted molar refractivity (Wildman–Crippen MR) is 132 cm³/mol. The minimum atomic E-state index is -4.66. The van der Waals surface area contributed by atoms with E-state index in [9.17, 15) is 27.6 Å². The molecule has 2 aliphatic rings. The molecule has 2 fully saturated rings. The monoisotopic (exact) mass is 528 g/mol. The minimum Gasteiger partial charge on any atom is -0.339 e. The largest absolute Gasteiger partial charge is 0.433 e. The number of nitrogens with one attached hydrogen (secondary N) is 1. The van der Waals surface area contributed by atoms with Crippen LogP contribution >= 0.6 is 0 Å². The number of carbonyl (C=O) groups is 3. The van der Waals surface area contributed by atoms with Gasteiger partial charge in [0.05, 0.1) is 5.52 Å². The standard InChI is InChI=1S/C26H27F3N6O3/c1-16-12-20-17(13-19(16)31-23(37)18-4-3-5-21(30-18)26(27,28)29)14-35(32-20)15-22(36)33-8-10-34(11-9-33)24(38)25(2)6-7-25/h3-5,12-14H,6-11,15H2,1-2H3,(H,31,37). The zero-order valence-electron chi connectivity index (χ0n) is 21.0. The Morgan fingerprint density at radius 1 is 1.05 bits per heavy atom. The second kappa shape index (κ2) is 9.41. The van der Waals surface area contributed by atoms with E-state index in [-0.39, 0.29) is 29.5 Å². The number of fused-ring (bicyclic) bond motifs is 1. The molecule has 1 aliphatic heterocycles. The molecular weight excluding hydrogens is 501 g/mol. The quantitative estimate of drug-likeness (QED) is 0.547. The number of rotatable bonds is 5. The van der Waals surface area contributed by atoms with Gasteiger partial charge in [0, 0.05) is 48.9 Å². The summed E-state index contributed by atoms with van der Waals surface area (Å²) in [7, 11) is 0. The Morgan fingerprint density at radius 3 is 2.39 bits per heavy atom. The third kappa shape index (κ3) is 5.20. The molecular formula is C26H27F3N6O3. The SMILES string of the molecule is Cc1cc2nn(CC(=O)N3CCN(C(=O)C4(C)CC4)CC3)cc2cc1NC(=O)c1cccc(C(F)(F)F)n1. The van der Waals surface area contributed by atoms with Gasteiger partial charge in [-0.1, -0.05) is 13.0 Å². The molecule has 0 atom stereocenters. The van der Waals surface area contributed by atoms with Crippen LogP contribution in [0.3, 0.4) is 0 Å². The maximum absolute atomic E-state index is 13.0. The number of alkyl halides is 3. The Labute approximate surface area is 216 Å². The van der Waals surface area contributed by atoms with E-state index >= 15 is 0 Å². The van der Waals surface area contributed by atoms with Gasteiger partial charge in [0.1, 0.15) is 17.9 Å². The molecule has 2 aromatic heterocycles. The number of nitrogens with zero attached hydrogens (tertiary/aromatic N) is 5. The van der Waals surface area contributed by atoms with E-state index in [1.54, 1.807) is 30.2 Å². The molecule has 3 amide bonds. The summed E-state index contributed by atoms with van der Waals surface area (Å²) < 4.78 is 40.4. The van der Waals surface area contributed by atoms with Crippen LogP contribution in [-0.2, 0) is 22.3 Å². The van der Waals surface area contributed by atoms with Crippen LogP contribution in [0.2, 0.25) is 0 Å². The van der Waals surface area contributed by atoms with Gasteiger partial charge >= 0.3 is 6.18 Å². The molecule has 38 heavy (non-hydrogen) atoms. The molecule has 9 nitrogen and oxygen atoms in total. The Balaban J connectivity index is 1.24. The van der Waals surface area contributed by atoms with E-state index in [0.29, 0.717) is 48.3 Å². The lowest BCUT2D eigenvalue weighted by atomic mass is 10.1. The highest BCUT2D eigenvalue weighted by Gasteiger charge is 2.47. The van der Waals surface area contributed by atoms with Crippen molar-refractivity contribution < 1.29 is 27.6 Å². The van der Waals surface area contributed by atoms with E-state index in [1.807, 2.05) is 11.8 Å². The highest BCUT2D eigenvalue weighted by molar-refractivity contribution is 6.04. The van der Waals surface area contributed by atoms with Crippen LogP contribution < -0.4 is 5.32 Å². The molecule has 1 aliphatic carbocycles. The van der Waals surface area contributed by atoms with Gasteiger partial charge in [-0.25, -0.2) is 4.98 Å². The minimum absolute atomic E-state index is 0.0231. The highest BCUT2D eigenvalue weighted by Crippen LogP contribution is 2.46. The number of amides is 3. The molecule has 3 heterocycles. The van der Waals surface area contributed by atoms with Crippen LogP contribution in [0.15, 0.2) is 36.5 Å². The summed E-state index contributed by atoms with van der Waals surface area (Å²) in [6.45, 7) is 5.72. The van der Waals surface area contributed by atoms with Crippen molar-refractivity contribution in [2.45, 2.75) is 39.4 Å². The number of hydrogen-bond acceptors (Lipinski definition) is 5. The van der Waals surface area contributed by atoms with Crippen molar-refractivity contribution in [1.29, 1.82) is 0 Å². The third-order valence-electron chi connectivity index (χ3n) is 7.15. The van der Waals surface area contributed by atoms with Gasteiger partial charge in [0.25, 0.3) is 5.91 Å². The summed E-state index contributed by atoms with van der Waals surface area (Å²) in [5, 5.41) is 7.73. The van der Waals surface area contributed by atoms with Gasteiger partial charge in [0.2, 0.25) is 11.8 Å². The first-order valence-electron chi connectivity index (χ1n) is 12.3. The fraction of sp³-hybridized carbons (Fsp3) is 0.423. The van der Waals surface area contributed by atoms with Crippen molar-refractivity contribution in [2.24, 2.45) is 5.41 Å². The summed E-state index contributed by atoms with van der Waals surface area (Å²) in [6, 6.07) is 6.54. The highest BCUT2D eigenvalue weighted by atomic mass is 19.4. The number of pyridine rings is 1. The number of benzene rings is 1. The lowest BCUT2D eigenvalue weighted by Gasteiger charge is -2.36. The molecule has 1 aromatic carbocycles. The van der Waals surface area contributed by atoms with Crippen molar-refractivity contribution >= 4 is 34.3 Å². The van der Waals surface area contributed by atoms with Gasteiger partial charge < -0.3 is 15.1 Å². The average Bonchev–Trinajstić information content (AvgIpc) is 3.52. The van der Waals surface area contributed by atoms with Crippen LogP contribution in [0.25, 0.3) is 10.9 Å². The molecule has 0 unspecified atom stereocenters. The second-order valence-corrected chi connectivity index (χ2v) is 10.1. The first-order valence-corrected chi connectivity index (χ1v) is 12.3. The summed E-state index contributed by atoms with van der Waals surface area (Å²) >= 11 is 0. The second-order valence-electron chi connectivity index (χ2n) is 10.1. The first kappa shape index (κ1) is 25.7. The normalized spacial score (nSPS) is 17.0. The van der Waals surface area contributed by atoms with E-state index in [4.69, 9.17) is 0 Å². The number of halogens is 3. The van der Waals surface area contributed by atoms with Crippen LogP contribution in [0.4, 0.5) is 18.9 Å². The van der Waals surface area contributed by atoms with Gasteiger partial charge in [-0.2, -0.15) is 18.3 Å². The van der Waals surface area contributed by atoms with E-state index in [2.05, 4.69) is 15.4 Å². The molecule has 0 bridgehead atoms. The fourth-order valence-corrected chi connectivity index (χ4v) is 4.53. The predicted octanol–water partition coefficient (Wildman–Crippen LogP) is 3.48. The van der Waals surface area contributed by atoms with Crippen molar-refractivity contribution in [1.82, 2.24) is 24.6 Å². The molecule has 0 spiro atoms. The Morgan fingerprint density at radius 2 is 1.74 bits per heavy atom. The lowest BCUT2D eigenvalue weighted by Crippen LogP contribution is -2.52. The van der Waals surface area contributed by atoms with Crippen LogP contribution in [0, 0.1) is 12.3 Å². The maximum Gasteiger partial charge on any atom is 0.433 e. The van der Waals surface area contributed by atoms with Crippen molar-refractivity contribution in [3.63, 3.8) is 0 Å². The first-order chi connectivity index (χ1) is 17.9. The molecule has 200 valence electrons. The smallest absolute Gasteiger partial charge is 0.339 e. The maximum atomic E-state index is 13.0. The Hall–Kier alpha value is -3.96. The van der Waals surface area contributed by atoms with Crippen LogP contribution in [-0.4, -0.2) is 68.5 Å². The van der Waals surface area contributed by atoms with Crippen molar-refractivity contribution in [2.75, 3.05) is 31.5 Å². The summed E-state index contributed by atoms with van der Waals surface area (Å²) in [5.74, 6) is -0.706. The Kier molecular flexibility index (Phi) is 6.36. The van der Waals surface area contributed by atoms with Crippen molar-refractivity contribution in [3.8, 4) is 0 Å². The number of hydrogen-bond donors (Lipinski definition) is 1. The lowest BCUT2D eigenvalue weighted by molar-refractivity contribution is -0.143. The molecule has 1 saturated carbocycles. The van der Waals surface area contributed by atoms with Gasteiger partial charge in [0.15, 0.2) is 0 Å². The molecule has 1 saturated heterocycles. The number of piperazine rings is 1. The van der Waals surface area contributed by atoms with E-state index in [1.165, 1.54) is 10.7 Å².